The highest BCUT2D eigenvalue weighted by Crippen LogP contribution is 2.37. The maximum absolute atomic E-state index is 10.8. The van der Waals surface area contributed by atoms with Gasteiger partial charge < -0.3 is 25.4 Å². The lowest BCUT2D eigenvalue weighted by Crippen LogP contribution is -2.48. The number of aliphatic hydroxyl groups is 1. The maximum Gasteiger partial charge on any atom is 0.469 e. The summed E-state index contributed by atoms with van der Waals surface area (Å²) in [5, 5.41) is 9.45. The van der Waals surface area contributed by atoms with Crippen molar-refractivity contribution in [3.05, 3.63) is 27.3 Å². The Balaban J connectivity index is 2.49. The first-order chi connectivity index (χ1) is 12.7. The maximum atomic E-state index is 10.8. The van der Waals surface area contributed by atoms with Crippen LogP contribution in [0.4, 0.5) is 0 Å². The number of phosphoric acid groups is 1. The number of phosphoric ester groups is 1. The molecule has 0 bridgehead atoms. The normalized spacial score (nSPS) is 14.1. The average Bonchev–Trinajstić information content (AvgIpc) is 2.62. The molecule has 156 valence electrons. The van der Waals surface area contributed by atoms with Crippen LogP contribution in [0.25, 0.3) is 0 Å². The molecule has 0 amide bonds. The average molecular weight is 515 g/mol. The van der Waals surface area contributed by atoms with Crippen LogP contribution in [-0.2, 0) is 15.5 Å². The van der Waals surface area contributed by atoms with Gasteiger partial charge in [-0.15, -0.1) is 0 Å². The molecule has 1 aromatic carbocycles. The molecule has 0 radical (unpaired) electrons. The topological polar surface area (TPSA) is 122 Å². The van der Waals surface area contributed by atoms with E-state index in [2.05, 4.69) is 34.0 Å². The van der Waals surface area contributed by atoms with Crippen molar-refractivity contribution in [2.24, 2.45) is 5.73 Å². The van der Waals surface area contributed by atoms with Crippen LogP contribution in [0.2, 0.25) is 0 Å². The van der Waals surface area contributed by atoms with Crippen LogP contribution in [0, 0.1) is 3.57 Å². The number of aryl methyl sites for hydroxylation is 1. The third kappa shape index (κ3) is 10.8. The van der Waals surface area contributed by atoms with E-state index in [1.165, 1.54) is 25.7 Å². The van der Waals surface area contributed by atoms with Crippen LogP contribution in [0.1, 0.15) is 51.0 Å². The van der Waals surface area contributed by atoms with Crippen LogP contribution < -0.4 is 10.5 Å². The lowest BCUT2D eigenvalue weighted by Gasteiger charge is -2.27. The third-order valence-electron chi connectivity index (χ3n) is 4.25. The molecule has 0 saturated heterocycles. The second-order valence-electron chi connectivity index (χ2n) is 6.81. The van der Waals surface area contributed by atoms with Crippen molar-refractivity contribution in [1.82, 2.24) is 0 Å². The van der Waals surface area contributed by atoms with Gasteiger partial charge in [0.25, 0.3) is 0 Å². The standard InChI is InChI=1S/C18H31INO6P/c1-2-3-4-5-6-11-25-17-8-7-15(12-16(17)19)9-10-18(20,13-21)14-26-27(22,23)24/h7-8,12,21H,2-6,9-11,13-14,20H2,1H3,(H2,22,23,24)/t18-/m0/s1. The number of benzene rings is 1. The van der Waals surface area contributed by atoms with Crippen molar-refractivity contribution in [2.45, 2.75) is 57.4 Å². The minimum absolute atomic E-state index is 0.331. The highest BCUT2D eigenvalue weighted by Gasteiger charge is 2.28. The Hall–Kier alpha value is -0.220. The predicted octanol–water partition coefficient (Wildman–Crippen LogP) is 3.37. The number of halogens is 1. The molecule has 1 rings (SSSR count). The minimum atomic E-state index is -4.61. The largest absolute Gasteiger partial charge is 0.492 e. The highest BCUT2D eigenvalue weighted by atomic mass is 127. The fourth-order valence-corrected chi connectivity index (χ4v) is 3.67. The molecule has 27 heavy (non-hydrogen) atoms. The number of nitrogens with two attached hydrogens (primary N) is 1. The number of hydrogen-bond acceptors (Lipinski definition) is 5. The molecule has 0 unspecified atom stereocenters. The smallest absolute Gasteiger partial charge is 0.469 e. The molecule has 0 aliphatic heterocycles. The van der Waals surface area contributed by atoms with Gasteiger partial charge in [0, 0.05) is 0 Å². The van der Waals surface area contributed by atoms with Gasteiger partial charge in [0.1, 0.15) is 5.75 Å². The predicted molar refractivity (Wildman–Crippen MR) is 114 cm³/mol. The van der Waals surface area contributed by atoms with Crippen LogP contribution in [0.5, 0.6) is 5.75 Å². The molecule has 9 heteroatoms. The Kier molecular flexibility index (Phi) is 11.4. The molecule has 0 spiro atoms. The number of unbranched alkanes of at least 4 members (excludes halogenated alkanes) is 4. The first-order valence-corrected chi connectivity index (χ1v) is 11.8. The fraction of sp³-hybridized carbons (Fsp3) is 0.667. The molecular formula is C18H31INO6P. The molecule has 1 aromatic rings. The number of hydrogen-bond donors (Lipinski definition) is 4. The van der Waals surface area contributed by atoms with Gasteiger partial charge in [-0.1, -0.05) is 38.7 Å². The van der Waals surface area contributed by atoms with Gasteiger partial charge in [0.2, 0.25) is 0 Å². The summed E-state index contributed by atoms with van der Waals surface area (Å²) >= 11 is 2.22. The van der Waals surface area contributed by atoms with E-state index in [1.807, 2.05) is 18.2 Å². The zero-order chi connectivity index (χ0) is 20.3. The summed E-state index contributed by atoms with van der Waals surface area (Å²) in [4.78, 5) is 17.6. The Morgan fingerprint density at radius 3 is 2.52 bits per heavy atom. The van der Waals surface area contributed by atoms with Gasteiger partial charge in [-0.2, -0.15) is 0 Å². The monoisotopic (exact) mass is 515 g/mol. The van der Waals surface area contributed by atoms with Gasteiger partial charge in [-0.25, -0.2) is 4.57 Å². The quantitative estimate of drug-likeness (QED) is 0.170. The van der Waals surface area contributed by atoms with Crippen LogP contribution >= 0.6 is 30.4 Å². The number of aliphatic hydroxyl groups excluding tert-OH is 1. The first-order valence-electron chi connectivity index (χ1n) is 9.20. The van der Waals surface area contributed by atoms with E-state index in [-0.39, 0.29) is 0 Å². The molecule has 0 saturated carbocycles. The lowest BCUT2D eigenvalue weighted by molar-refractivity contribution is 0.102. The summed E-state index contributed by atoms with van der Waals surface area (Å²) in [7, 11) is -4.61. The van der Waals surface area contributed by atoms with E-state index in [4.69, 9.17) is 20.3 Å². The van der Waals surface area contributed by atoms with E-state index in [1.54, 1.807) is 0 Å². The second-order valence-corrected chi connectivity index (χ2v) is 9.21. The zero-order valence-corrected chi connectivity index (χ0v) is 18.8. The Bertz CT molecular complexity index is 612. The Morgan fingerprint density at radius 1 is 1.22 bits per heavy atom. The van der Waals surface area contributed by atoms with Crippen molar-refractivity contribution in [3.8, 4) is 5.75 Å². The molecule has 7 nitrogen and oxygen atoms in total. The molecule has 0 heterocycles. The summed E-state index contributed by atoms with van der Waals surface area (Å²) < 4.78 is 22.1. The van der Waals surface area contributed by atoms with Crippen molar-refractivity contribution >= 4 is 30.4 Å². The number of ether oxygens (including phenoxy) is 1. The number of rotatable bonds is 14. The van der Waals surface area contributed by atoms with E-state index in [0.29, 0.717) is 19.4 Å². The summed E-state index contributed by atoms with van der Waals surface area (Å²) in [5.41, 5.74) is 5.79. The zero-order valence-electron chi connectivity index (χ0n) is 15.8. The van der Waals surface area contributed by atoms with Gasteiger partial charge >= 0.3 is 7.82 Å². The Morgan fingerprint density at radius 2 is 1.93 bits per heavy atom. The van der Waals surface area contributed by atoms with Crippen LogP contribution in [0.15, 0.2) is 18.2 Å². The van der Waals surface area contributed by atoms with Crippen molar-refractivity contribution in [2.75, 3.05) is 19.8 Å². The van der Waals surface area contributed by atoms with Crippen LogP contribution in [0.3, 0.4) is 0 Å². The fourth-order valence-electron chi connectivity index (χ4n) is 2.51. The van der Waals surface area contributed by atoms with Crippen molar-refractivity contribution < 1.29 is 28.7 Å². The summed E-state index contributed by atoms with van der Waals surface area (Å²) in [6.45, 7) is 2.06. The van der Waals surface area contributed by atoms with E-state index in [0.717, 1.165) is 21.3 Å². The highest BCUT2D eigenvalue weighted by molar-refractivity contribution is 14.1. The van der Waals surface area contributed by atoms with Crippen molar-refractivity contribution in [1.29, 1.82) is 0 Å². The molecule has 1 atom stereocenters. The van der Waals surface area contributed by atoms with Crippen LogP contribution in [-0.4, -0.2) is 40.3 Å². The summed E-state index contributed by atoms with van der Waals surface area (Å²) in [6, 6.07) is 5.86. The second kappa shape index (κ2) is 12.4. The molecule has 0 aromatic heterocycles. The molecule has 5 N–H and O–H groups in total. The molecular weight excluding hydrogens is 484 g/mol. The molecule has 0 aliphatic carbocycles. The first kappa shape index (κ1) is 24.8. The van der Waals surface area contributed by atoms with E-state index in [9.17, 15) is 9.67 Å². The minimum Gasteiger partial charge on any atom is -0.492 e. The lowest BCUT2D eigenvalue weighted by atomic mass is 9.94. The third-order valence-corrected chi connectivity index (χ3v) is 5.56. The van der Waals surface area contributed by atoms with E-state index < -0.39 is 26.6 Å². The molecule has 0 aliphatic rings. The Labute approximate surface area is 175 Å². The van der Waals surface area contributed by atoms with E-state index >= 15 is 0 Å². The summed E-state index contributed by atoms with van der Waals surface area (Å²) in [6.07, 6.45) is 6.84. The van der Waals surface area contributed by atoms with Gasteiger partial charge in [-0.3, -0.25) is 4.52 Å². The van der Waals surface area contributed by atoms with Gasteiger partial charge in [0.15, 0.2) is 0 Å². The SMILES string of the molecule is CCCCCCCOc1ccc(CC[C@](N)(CO)COP(=O)(O)O)cc1I. The summed E-state index contributed by atoms with van der Waals surface area (Å²) in [5.74, 6) is 0.848. The van der Waals surface area contributed by atoms with Crippen molar-refractivity contribution in [3.63, 3.8) is 0 Å². The van der Waals surface area contributed by atoms with Gasteiger partial charge in [0.05, 0.1) is 28.9 Å². The molecule has 0 fully saturated rings. The van der Waals surface area contributed by atoms with Gasteiger partial charge in [-0.05, 0) is 59.5 Å².